The molecule has 0 spiro atoms. The van der Waals surface area contributed by atoms with Gasteiger partial charge in [0.15, 0.2) is 0 Å². The maximum absolute atomic E-state index is 8.74. The molecule has 0 bridgehead atoms. The van der Waals surface area contributed by atoms with Crippen LogP contribution in [0.15, 0.2) is 0 Å². The third-order valence-electron chi connectivity index (χ3n) is 2.76. The van der Waals surface area contributed by atoms with Crippen molar-refractivity contribution >= 4 is 0 Å². The fourth-order valence-electron chi connectivity index (χ4n) is 1.82. The second kappa shape index (κ2) is 3.23. The SMILES string of the molecule is CNC1(C)CCCC(C#N)C1. The van der Waals surface area contributed by atoms with Gasteiger partial charge in [0.05, 0.1) is 6.07 Å². The van der Waals surface area contributed by atoms with Crippen molar-refractivity contribution in [3.63, 3.8) is 0 Å². The summed E-state index contributed by atoms with van der Waals surface area (Å²) < 4.78 is 0. The standard InChI is InChI=1S/C9H16N2/c1-9(11-2)5-3-4-8(6-9)7-10/h8,11H,3-6H2,1-2H3. The molecule has 2 nitrogen and oxygen atoms in total. The summed E-state index contributed by atoms with van der Waals surface area (Å²) in [5.41, 5.74) is 0.221. The average molecular weight is 152 g/mol. The predicted molar refractivity (Wildman–Crippen MR) is 45.0 cm³/mol. The summed E-state index contributed by atoms with van der Waals surface area (Å²) in [6, 6.07) is 2.35. The van der Waals surface area contributed by atoms with Crippen LogP contribution >= 0.6 is 0 Å². The average Bonchev–Trinajstić information content (AvgIpc) is 2.05. The van der Waals surface area contributed by atoms with Crippen LogP contribution in [0.1, 0.15) is 32.6 Å². The van der Waals surface area contributed by atoms with Gasteiger partial charge >= 0.3 is 0 Å². The number of hydrogen-bond donors (Lipinski definition) is 1. The molecule has 0 radical (unpaired) electrons. The smallest absolute Gasteiger partial charge is 0.0656 e. The first-order valence-electron chi connectivity index (χ1n) is 4.29. The largest absolute Gasteiger partial charge is 0.314 e. The normalized spacial score (nSPS) is 38.1. The van der Waals surface area contributed by atoms with E-state index in [9.17, 15) is 0 Å². The van der Waals surface area contributed by atoms with E-state index in [2.05, 4.69) is 18.3 Å². The molecule has 0 aliphatic heterocycles. The number of rotatable bonds is 1. The van der Waals surface area contributed by atoms with E-state index in [1.807, 2.05) is 7.05 Å². The number of nitrogens with one attached hydrogen (secondary N) is 1. The Morgan fingerprint density at radius 1 is 1.64 bits per heavy atom. The minimum absolute atomic E-state index is 0.221. The molecule has 2 atom stereocenters. The fraction of sp³-hybridized carbons (Fsp3) is 0.889. The molecule has 2 heteroatoms. The lowest BCUT2D eigenvalue weighted by molar-refractivity contribution is 0.237. The molecule has 0 saturated heterocycles. The van der Waals surface area contributed by atoms with E-state index in [0.717, 1.165) is 12.8 Å². The molecular formula is C9H16N2. The Kier molecular flexibility index (Phi) is 2.51. The second-order valence-electron chi connectivity index (χ2n) is 3.73. The summed E-state index contributed by atoms with van der Waals surface area (Å²) in [6.45, 7) is 2.20. The van der Waals surface area contributed by atoms with Crippen LogP contribution in [0.4, 0.5) is 0 Å². The zero-order valence-corrected chi connectivity index (χ0v) is 7.35. The first-order chi connectivity index (χ1) is 5.20. The molecule has 0 aromatic carbocycles. The van der Waals surface area contributed by atoms with Crippen LogP contribution in [0.5, 0.6) is 0 Å². The fourth-order valence-corrected chi connectivity index (χ4v) is 1.82. The molecule has 1 N–H and O–H groups in total. The summed E-state index contributed by atoms with van der Waals surface area (Å²) in [7, 11) is 1.99. The molecular weight excluding hydrogens is 136 g/mol. The van der Waals surface area contributed by atoms with Crippen LogP contribution in [0.3, 0.4) is 0 Å². The molecule has 1 rings (SSSR count). The summed E-state index contributed by atoms with van der Waals surface area (Å²) in [4.78, 5) is 0. The Balaban J connectivity index is 2.53. The lowest BCUT2D eigenvalue weighted by atomic mass is 9.77. The molecule has 1 fully saturated rings. The minimum Gasteiger partial charge on any atom is -0.314 e. The van der Waals surface area contributed by atoms with E-state index >= 15 is 0 Å². The van der Waals surface area contributed by atoms with Crippen LogP contribution < -0.4 is 5.32 Å². The third kappa shape index (κ3) is 1.94. The summed E-state index contributed by atoms with van der Waals surface area (Å²) >= 11 is 0. The molecule has 0 heterocycles. The van der Waals surface area contributed by atoms with E-state index in [0.29, 0.717) is 0 Å². The molecule has 1 aliphatic rings. The lowest BCUT2D eigenvalue weighted by Gasteiger charge is -2.35. The minimum atomic E-state index is 0.221. The van der Waals surface area contributed by atoms with Crippen molar-refractivity contribution in [2.45, 2.75) is 38.1 Å². The van der Waals surface area contributed by atoms with Crippen LogP contribution in [-0.2, 0) is 0 Å². The highest BCUT2D eigenvalue weighted by Gasteiger charge is 2.30. The maximum Gasteiger partial charge on any atom is 0.0656 e. The molecule has 0 aromatic rings. The van der Waals surface area contributed by atoms with Crippen molar-refractivity contribution in [2.24, 2.45) is 5.92 Å². The monoisotopic (exact) mass is 152 g/mol. The van der Waals surface area contributed by atoms with Crippen molar-refractivity contribution in [2.75, 3.05) is 7.05 Å². The van der Waals surface area contributed by atoms with Crippen LogP contribution in [0, 0.1) is 17.2 Å². The second-order valence-corrected chi connectivity index (χ2v) is 3.73. The van der Waals surface area contributed by atoms with Crippen LogP contribution in [-0.4, -0.2) is 12.6 Å². The predicted octanol–water partition coefficient (Wildman–Crippen LogP) is 1.68. The van der Waals surface area contributed by atoms with Gasteiger partial charge in [-0.1, -0.05) is 6.42 Å². The van der Waals surface area contributed by atoms with Gasteiger partial charge in [-0.05, 0) is 33.2 Å². The van der Waals surface area contributed by atoms with Gasteiger partial charge in [0.25, 0.3) is 0 Å². The Labute approximate surface area is 68.6 Å². The van der Waals surface area contributed by atoms with Crippen molar-refractivity contribution < 1.29 is 0 Å². The molecule has 0 amide bonds. The Hall–Kier alpha value is -0.550. The number of nitrogens with zero attached hydrogens (tertiary/aromatic N) is 1. The molecule has 62 valence electrons. The number of hydrogen-bond acceptors (Lipinski definition) is 2. The highest BCUT2D eigenvalue weighted by Crippen LogP contribution is 2.31. The van der Waals surface area contributed by atoms with Gasteiger partial charge in [0, 0.05) is 11.5 Å². The van der Waals surface area contributed by atoms with E-state index < -0.39 is 0 Å². The van der Waals surface area contributed by atoms with Crippen LogP contribution in [0.25, 0.3) is 0 Å². The molecule has 2 unspecified atom stereocenters. The van der Waals surface area contributed by atoms with Gasteiger partial charge in [-0.15, -0.1) is 0 Å². The molecule has 11 heavy (non-hydrogen) atoms. The van der Waals surface area contributed by atoms with E-state index in [1.165, 1.54) is 12.8 Å². The first-order valence-corrected chi connectivity index (χ1v) is 4.29. The Morgan fingerprint density at radius 2 is 2.36 bits per heavy atom. The first kappa shape index (κ1) is 8.55. The quantitative estimate of drug-likeness (QED) is 0.620. The van der Waals surface area contributed by atoms with E-state index in [-0.39, 0.29) is 11.5 Å². The van der Waals surface area contributed by atoms with Crippen molar-refractivity contribution in [1.82, 2.24) is 5.32 Å². The van der Waals surface area contributed by atoms with Crippen LogP contribution in [0.2, 0.25) is 0 Å². The van der Waals surface area contributed by atoms with Gasteiger partial charge in [-0.2, -0.15) is 5.26 Å². The molecule has 1 saturated carbocycles. The summed E-state index contributed by atoms with van der Waals surface area (Å²) in [5, 5.41) is 12.0. The zero-order valence-electron chi connectivity index (χ0n) is 7.35. The zero-order chi connectivity index (χ0) is 8.32. The topological polar surface area (TPSA) is 35.8 Å². The van der Waals surface area contributed by atoms with Crippen molar-refractivity contribution in [3.8, 4) is 6.07 Å². The van der Waals surface area contributed by atoms with Gasteiger partial charge in [-0.3, -0.25) is 0 Å². The van der Waals surface area contributed by atoms with Gasteiger partial charge in [0.2, 0.25) is 0 Å². The van der Waals surface area contributed by atoms with E-state index in [4.69, 9.17) is 5.26 Å². The third-order valence-corrected chi connectivity index (χ3v) is 2.76. The van der Waals surface area contributed by atoms with Crippen molar-refractivity contribution in [1.29, 1.82) is 5.26 Å². The molecule has 1 aliphatic carbocycles. The lowest BCUT2D eigenvalue weighted by Crippen LogP contribution is -2.43. The van der Waals surface area contributed by atoms with Crippen molar-refractivity contribution in [3.05, 3.63) is 0 Å². The number of nitriles is 1. The summed E-state index contributed by atoms with van der Waals surface area (Å²) in [6.07, 6.45) is 4.50. The highest BCUT2D eigenvalue weighted by molar-refractivity contribution is 4.96. The van der Waals surface area contributed by atoms with Gasteiger partial charge in [-0.25, -0.2) is 0 Å². The highest BCUT2D eigenvalue weighted by atomic mass is 14.9. The van der Waals surface area contributed by atoms with Gasteiger partial charge < -0.3 is 5.32 Å². The molecule has 0 aromatic heterocycles. The maximum atomic E-state index is 8.74. The summed E-state index contributed by atoms with van der Waals surface area (Å²) in [5.74, 6) is 0.279. The Bertz CT molecular complexity index is 171. The van der Waals surface area contributed by atoms with E-state index in [1.54, 1.807) is 0 Å². The Morgan fingerprint density at radius 3 is 2.91 bits per heavy atom. The van der Waals surface area contributed by atoms with Gasteiger partial charge in [0.1, 0.15) is 0 Å².